The van der Waals surface area contributed by atoms with Gasteiger partial charge in [-0.25, -0.2) is 5.43 Å². The summed E-state index contributed by atoms with van der Waals surface area (Å²) in [4.78, 5) is 12.0. The van der Waals surface area contributed by atoms with Crippen molar-refractivity contribution in [2.75, 3.05) is 6.61 Å². The molecule has 0 aliphatic rings. The van der Waals surface area contributed by atoms with Crippen molar-refractivity contribution in [3.8, 4) is 11.5 Å². The number of aliphatic hydroxyl groups excluding tert-OH is 1. The van der Waals surface area contributed by atoms with Gasteiger partial charge in [0.05, 0.1) is 18.9 Å². The zero-order valence-electron chi connectivity index (χ0n) is 18.4. The number of hydrogen-bond donors (Lipinski definition) is 2. The SMILES string of the molecule is CCOc1ccc([C@@H](O)CCC(=O)N/N=C\c2ccc(OCc3ccccc3Cl)cc2)cc1. The van der Waals surface area contributed by atoms with Crippen molar-refractivity contribution in [2.24, 2.45) is 5.10 Å². The molecular formula is C26H27ClN2O4. The first-order valence-electron chi connectivity index (χ1n) is 10.7. The predicted octanol–water partition coefficient (Wildman–Crippen LogP) is 5.28. The van der Waals surface area contributed by atoms with Crippen molar-refractivity contribution >= 4 is 23.7 Å². The summed E-state index contributed by atoms with van der Waals surface area (Å²) in [5, 5.41) is 14.9. The number of benzene rings is 3. The molecule has 1 atom stereocenters. The fourth-order valence-corrected chi connectivity index (χ4v) is 3.24. The number of hydrazone groups is 1. The van der Waals surface area contributed by atoms with Gasteiger partial charge in [0.15, 0.2) is 0 Å². The fraction of sp³-hybridized carbons (Fsp3) is 0.231. The number of nitrogens with one attached hydrogen (secondary N) is 1. The van der Waals surface area contributed by atoms with Crippen molar-refractivity contribution in [3.63, 3.8) is 0 Å². The van der Waals surface area contributed by atoms with Gasteiger partial charge in [-0.05, 0) is 66.9 Å². The summed E-state index contributed by atoms with van der Waals surface area (Å²) in [5.74, 6) is 1.19. The fourth-order valence-electron chi connectivity index (χ4n) is 3.05. The molecule has 0 heterocycles. The molecule has 3 rings (SSSR count). The second-order valence-electron chi connectivity index (χ2n) is 7.30. The summed E-state index contributed by atoms with van der Waals surface area (Å²) in [5.41, 5.74) is 4.96. The Balaban J connectivity index is 1.40. The summed E-state index contributed by atoms with van der Waals surface area (Å²) in [6.07, 6.45) is 1.28. The molecule has 0 saturated carbocycles. The average molecular weight is 467 g/mol. The number of rotatable bonds is 11. The summed E-state index contributed by atoms with van der Waals surface area (Å²) < 4.78 is 11.1. The quantitative estimate of drug-likeness (QED) is 0.297. The largest absolute Gasteiger partial charge is 0.494 e. The van der Waals surface area contributed by atoms with Crippen LogP contribution in [-0.4, -0.2) is 23.8 Å². The molecule has 0 unspecified atom stereocenters. The van der Waals surface area contributed by atoms with Gasteiger partial charge in [-0.15, -0.1) is 0 Å². The van der Waals surface area contributed by atoms with E-state index in [1.807, 2.05) is 55.5 Å². The molecule has 1 amide bonds. The number of hydrogen-bond acceptors (Lipinski definition) is 5. The maximum Gasteiger partial charge on any atom is 0.240 e. The van der Waals surface area contributed by atoms with Crippen LogP contribution in [0, 0.1) is 0 Å². The summed E-state index contributed by atoms with van der Waals surface area (Å²) in [6.45, 7) is 2.88. The van der Waals surface area contributed by atoms with Gasteiger partial charge in [0.2, 0.25) is 5.91 Å². The molecule has 3 aromatic carbocycles. The van der Waals surface area contributed by atoms with Crippen LogP contribution in [0.15, 0.2) is 77.9 Å². The normalized spacial score (nSPS) is 11.8. The Labute approximate surface area is 198 Å². The Morgan fingerprint density at radius 3 is 2.39 bits per heavy atom. The summed E-state index contributed by atoms with van der Waals surface area (Å²) >= 11 is 6.14. The van der Waals surface area contributed by atoms with Gasteiger partial charge >= 0.3 is 0 Å². The standard InChI is InChI=1S/C26H27ClN2O4/c1-2-32-22-13-9-20(10-14-22)25(30)15-16-26(31)29-28-17-19-7-11-23(12-8-19)33-18-21-5-3-4-6-24(21)27/h3-14,17,25,30H,2,15-16,18H2,1H3,(H,29,31)/b28-17-/t25-/m0/s1. The Bertz CT molecular complexity index is 1050. The summed E-state index contributed by atoms with van der Waals surface area (Å²) in [7, 11) is 0. The molecule has 3 aromatic rings. The Morgan fingerprint density at radius 2 is 1.70 bits per heavy atom. The molecular weight excluding hydrogens is 440 g/mol. The number of nitrogens with zero attached hydrogens (tertiary/aromatic N) is 1. The molecule has 0 saturated heterocycles. The topological polar surface area (TPSA) is 80.2 Å². The maximum atomic E-state index is 12.0. The molecule has 0 fully saturated rings. The van der Waals surface area contributed by atoms with Crippen LogP contribution < -0.4 is 14.9 Å². The van der Waals surface area contributed by atoms with E-state index in [-0.39, 0.29) is 12.3 Å². The maximum absolute atomic E-state index is 12.0. The first-order chi connectivity index (χ1) is 16.0. The van der Waals surface area contributed by atoms with E-state index >= 15 is 0 Å². The van der Waals surface area contributed by atoms with Crippen LogP contribution in [-0.2, 0) is 11.4 Å². The highest BCUT2D eigenvalue weighted by molar-refractivity contribution is 6.31. The van der Waals surface area contributed by atoms with E-state index in [1.165, 1.54) is 0 Å². The van der Waals surface area contributed by atoms with E-state index in [0.717, 1.165) is 22.4 Å². The van der Waals surface area contributed by atoms with Crippen LogP contribution in [0.2, 0.25) is 5.02 Å². The average Bonchev–Trinajstić information content (AvgIpc) is 2.83. The monoisotopic (exact) mass is 466 g/mol. The molecule has 0 radical (unpaired) electrons. The van der Waals surface area contributed by atoms with E-state index < -0.39 is 6.10 Å². The number of amides is 1. The van der Waals surface area contributed by atoms with Crippen molar-refractivity contribution in [1.82, 2.24) is 5.43 Å². The lowest BCUT2D eigenvalue weighted by molar-refractivity contribution is -0.121. The lowest BCUT2D eigenvalue weighted by Gasteiger charge is -2.11. The highest BCUT2D eigenvalue weighted by atomic mass is 35.5. The molecule has 0 bridgehead atoms. The third-order valence-electron chi connectivity index (χ3n) is 4.86. The second-order valence-corrected chi connectivity index (χ2v) is 7.71. The van der Waals surface area contributed by atoms with Gasteiger partial charge in [0.1, 0.15) is 18.1 Å². The van der Waals surface area contributed by atoms with Gasteiger partial charge in [-0.2, -0.15) is 5.10 Å². The Hall–Kier alpha value is -3.35. The highest BCUT2D eigenvalue weighted by Gasteiger charge is 2.10. The first kappa shape index (κ1) is 24.3. The molecule has 0 spiro atoms. The van der Waals surface area contributed by atoms with Gasteiger partial charge in [-0.3, -0.25) is 4.79 Å². The Kier molecular flexibility index (Phi) is 9.30. The van der Waals surface area contributed by atoms with E-state index in [2.05, 4.69) is 10.5 Å². The van der Waals surface area contributed by atoms with E-state index in [1.54, 1.807) is 30.5 Å². The Morgan fingerprint density at radius 1 is 1.03 bits per heavy atom. The van der Waals surface area contributed by atoms with E-state index in [4.69, 9.17) is 21.1 Å². The van der Waals surface area contributed by atoms with Gasteiger partial charge in [0.25, 0.3) is 0 Å². The second kappa shape index (κ2) is 12.6. The number of halogens is 1. The molecule has 0 aromatic heterocycles. The zero-order valence-corrected chi connectivity index (χ0v) is 19.2. The molecule has 172 valence electrons. The van der Waals surface area contributed by atoms with Gasteiger partial charge < -0.3 is 14.6 Å². The molecule has 0 aliphatic carbocycles. The number of carbonyl (C=O) groups is 1. The third kappa shape index (κ3) is 7.93. The van der Waals surface area contributed by atoms with Crippen LogP contribution in [0.3, 0.4) is 0 Å². The first-order valence-corrected chi connectivity index (χ1v) is 11.1. The minimum atomic E-state index is -0.728. The van der Waals surface area contributed by atoms with Crippen molar-refractivity contribution in [2.45, 2.75) is 32.5 Å². The molecule has 7 heteroatoms. The molecule has 0 aliphatic heterocycles. The van der Waals surface area contributed by atoms with Crippen LogP contribution >= 0.6 is 11.6 Å². The van der Waals surface area contributed by atoms with Crippen molar-refractivity contribution < 1.29 is 19.4 Å². The minimum absolute atomic E-state index is 0.153. The highest BCUT2D eigenvalue weighted by Crippen LogP contribution is 2.21. The van der Waals surface area contributed by atoms with Gasteiger partial charge in [0, 0.05) is 17.0 Å². The smallest absolute Gasteiger partial charge is 0.240 e. The number of carbonyl (C=O) groups excluding carboxylic acids is 1. The molecule has 2 N–H and O–H groups in total. The van der Waals surface area contributed by atoms with Crippen LogP contribution in [0.25, 0.3) is 0 Å². The van der Waals surface area contributed by atoms with Crippen molar-refractivity contribution in [3.05, 3.63) is 94.5 Å². The molecule has 33 heavy (non-hydrogen) atoms. The zero-order chi connectivity index (χ0) is 23.5. The predicted molar refractivity (Wildman–Crippen MR) is 130 cm³/mol. The van der Waals surface area contributed by atoms with Crippen LogP contribution in [0.4, 0.5) is 0 Å². The van der Waals surface area contributed by atoms with Crippen LogP contribution in [0.1, 0.15) is 42.6 Å². The van der Waals surface area contributed by atoms with Crippen LogP contribution in [0.5, 0.6) is 11.5 Å². The summed E-state index contributed by atoms with van der Waals surface area (Å²) in [6, 6.07) is 22.1. The lowest BCUT2D eigenvalue weighted by Crippen LogP contribution is -2.18. The number of ether oxygens (including phenoxy) is 2. The molecule has 6 nitrogen and oxygen atoms in total. The lowest BCUT2D eigenvalue weighted by atomic mass is 10.0. The number of aliphatic hydroxyl groups is 1. The van der Waals surface area contributed by atoms with E-state index in [9.17, 15) is 9.90 Å². The van der Waals surface area contributed by atoms with Gasteiger partial charge in [-0.1, -0.05) is 41.9 Å². The van der Waals surface area contributed by atoms with E-state index in [0.29, 0.717) is 30.4 Å². The van der Waals surface area contributed by atoms with Crippen molar-refractivity contribution in [1.29, 1.82) is 0 Å². The third-order valence-corrected chi connectivity index (χ3v) is 5.22. The minimum Gasteiger partial charge on any atom is -0.494 e.